The predicted octanol–water partition coefficient (Wildman–Crippen LogP) is 2.40. The molecule has 1 aromatic carbocycles. The first kappa shape index (κ1) is 16.8. The number of rotatable bonds is 6. The number of hydrogen-bond acceptors (Lipinski definition) is 6. The zero-order valence-electron chi connectivity index (χ0n) is 13.1. The van der Waals surface area contributed by atoms with E-state index in [1.807, 2.05) is 0 Å². The van der Waals surface area contributed by atoms with Gasteiger partial charge in [0.1, 0.15) is 6.61 Å². The van der Waals surface area contributed by atoms with Gasteiger partial charge in [-0.3, -0.25) is 4.79 Å². The third kappa shape index (κ3) is 4.71. The quantitative estimate of drug-likeness (QED) is 0.683. The highest BCUT2D eigenvalue weighted by atomic mass is 35.5. The minimum absolute atomic E-state index is 0.197. The number of amides is 1. The van der Waals surface area contributed by atoms with E-state index in [1.165, 1.54) is 0 Å². The standard InChI is InChI=1S/C17H14ClN5O2/c18-14-4-2-12(3-5-14)16(24)21-8-9-25-17-22-10-13(11-23-17)15-19-6-1-7-20-15/h1-7,10-11H,8-9H2,(H,21,24). The van der Waals surface area contributed by atoms with E-state index in [0.29, 0.717) is 28.5 Å². The average molecular weight is 356 g/mol. The van der Waals surface area contributed by atoms with Gasteiger partial charge in [-0.15, -0.1) is 0 Å². The third-order valence-corrected chi connectivity index (χ3v) is 3.43. The molecule has 3 aromatic rings. The summed E-state index contributed by atoms with van der Waals surface area (Å²) >= 11 is 5.79. The van der Waals surface area contributed by atoms with Crippen LogP contribution in [-0.4, -0.2) is 39.0 Å². The van der Waals surface area contributed by atoms with Crippen LogP contribution in [0, 0.1) is 0 Å². The summed E-state index contributed by atoms with van der Waals surface area (Å²) in [5, 5.41) is 3.33. The molecule has 0 unspecified atom stereocenters. The van der Waals surface area contributed by atoms with Crippen LogP contribution in [0.1, 0.15) is 10.4 Å². The minimum Gasteiger partial charge on any atom is -0.462 e. The monoisotopic (exact) mass is 355 g/mol. The Morgan fingerprint density at radius 2 is 1.72 bits per heavy atom. The van der Waals surface area contributed by atoms with Crippen LogP contribution in [0.15, 0.2) is 55.1 Å². The van der Waals surface area contributed by atoms with Gasteiger partial charge in [0.2, 0.25) is 0 Å². The largest absolute Gasteiger partial charge is 0.462 e. The van der Waals surface area contributed by atoms with E-state index in [4.69, 9.17) is 16.3 Å². The summed E-state index contributed by atoms with van der Waals surface area (Å²) in [4.78, 5) is 28.4. The molecule has 25 heavy (non-hydrogen) atoms. The van der Waals surface area contributed by atoms with E-state index >= 15 is 0 Å². The number of ether oxygens (including phenoxy) is 1. The topological polar surface area (TPSA) is 89.9 Å². The molecule has 0 fully saturated rings. The molecule has 126 valence electrons. The lowest BCUT2D eigenvalue weighted by Crippen LogP contribution is -2.28. The molecule has 0 saturated carbocycles. The first-order valence-corrected chi connectivity index (χ1v) is 7.86. The van der Waals surface area contributed by atoms with E-state index < -0.39 is 0 Å². The van der Waals surface area contributed by atoms with Gasteiger partial charge in [0.15, 0.2) is 5.82 Å². The molecule has 2 aromatic heterocycles. The van der Waals surface area contributed by atoms with Gasteiger partial charge in [0.25, 0.3) is 5.91 Å². The molecular weight excluding hydrogens is 342 g/mol. The fourth-order valence-corrected chi connectivity index (χ4v) is 2.09. The molecule has 7 nitrogen and oxygen atoms in total. The molecule has 1 N–H and O–H groups in total. The Morgan fingerprint density at radius 1 is 1.04 bits per heavy atom. The molecule has 2 heterocycles. The van der Waals surface area contributed by atoms with Crippen molar-refractivity contribution in [2.45, 2.75) is 0 Å². The average Bonchev–Trinajstić information content (AvgIpc) is 2.67. The molecule has 0 saturated heterocycles. The summed E-state index contributed by atoms with van der Waals surface area (Å²) in [6.45, 7) is 0.578. The molecule has 3 rings (SSSR count). The zero-order chi connectivity index (χ0) is 17.5. The molecular formula is C17H14ClN5O2. The van der Waals surface area contributed by atoms with Crippen LogP contribution in [0.2, 0.25) is 5.02 Å². The maximum atomic E-state index is 11.9. The van der Waals surface area contributed by atoms with Crippen molar-refractivity contribution in [1.82, 2.24) is 25.3 Å². The van der Waals surface area contributed by atoms with Gasteiger partial charge >= 0.3 is 6.01 Å². The van der Waals surface area contributed by atoms with E-state index in [-0.39, 0.29) is 18.5 Å². The van der Waals surface area contributed by atoms with Crippen molar-refractivity contribution < 1.29 is 9.53 Å². The molecule has 0 aliphatic rings. The van der Waals surface area contributed by atoms with Crippen LogP contribution in [0.3, 0.4) is 0 Å². The predicted molar refractivity (Wildman–Crippen MR) is 92.3 cm³/mol. The summed E-state index contributed by atoms with van der Waals surface area (Å²) < 4.78 is 5.40. The number of halogens is 1. The summed E-state index contributed by atoms with van der Waals surface area (Å²) in [5.74, 6) is 0.349. The number of hydrogen-bond donors (Lipinski definition) is 1. The van der Waals surface area contributed by atoms with Crippen molar-refractivity contribution in [2.75, 3.05) is 13.2 Å². The van der Waals surface area contributed by atoms with E-state index in [0.717, 1.165) is 0 Å². The number of carbonyl (C=O) groups excluding carboxylic acids is 1. The lowest BCUT2D eigenvalue weighted by Gasteiger charge is -2.07. The van der Waals surface area contributed by atoms with Gasteiger partial charge < -0.3 is 10.1 Å². The fraction of sp³-hybridized carbons (Fsp3) is 0.118. The number of benzene rings is 1. The Balaban J connectivity index is 1.46. The molecule has 0 spiro atoms. The zero-order valence-corrected chi connectivity index (χ0v) is 13.8. The number of aromatic nitrogens is 4. The van der Waals surface area contributed by atoms with Crippen LogP contribution in [-0.2, 0) is 0 Å². The molecule has 1 amide bonds. The maximum Gasteiger partial charge on any atom is 0.316 e. The lowest BCUT2D eigenvalue weighted by atomic mass is 10.2. The SMILES string of the molecule is O=C(NCCOc1ncc(-c2ncccn2)cn1)c1ccc(Cl)cc1. The summed E-state index contributed by atoms with van der Waals surface area (Å²) in [6, 6.07) is 8.61. The fourth-order valence-electron chi connectivity index (χ4n) is 1.96. The van der Waals surface area contributed by atoms with E-state index in [9.17, 15) is 4.79 Å². The Kier molecular flexibility index (Phi) is 5.48. The Bertz CT molecular complexity index is 826. The first-order chi connectivity index (χ1) is 12.2. The second-order valence-corrected chi connectivity index (χ2v) is 5.37. The van der Waals surface area contributed by atoms with Crippen LogP contribution in [0.25, 0.3) is 11.4 Å². The van der Waals surface area contributed by atoms with Crippen LogP contribution < -0.4 is 10.1 Å². The van der Waals surface area contributed by atoms with Crippen molar-refractivity contribution in [1.29, 1.82) is 0 Å². The van der Waals surface area contributed by atoms with Gasteiger partial charge in [-0.25, -0.2) is 19.9 Å². The molecule has 0 bridgehead atoms. The third-order valence-electron chi connectivity index (χ3n) is 3.18. The number of nitrogens with zero attached hydrogens (tertiary/aromatic N) is 4. The van der Waals surface area contributed by atoms with E-state index in [2.05, 4.69) is 25.3 Å². The van der Waals surface area contributed by atoms with Crippen LogP contribution >= 0.6 is 11.6 Å². The maximum absolute atomic E-state index is 11.9. The second kappa shape index (κ2) is 8.16. The van der Waals surface area contributed by atoms with E-state index in [1.54, 1.807) is 55.1 Å². The van der Waals surface area contributed by atoms with Crippen LogP contribution in [0.5, 0.6) is 6.01 Å². The van der Waals surface area contributed by atoms with Crippen molar-refractivity contribution in [2.24, 2.45) is 0 Å². The second-order valence-electron chi connectivity index (χ2n) is 4.94. The molecule has 0 radical (unpaired) electrons. The minimum atomic E-state index is -0.197. The van der Waals surface area contributed by atoms with Crippen molar-refractivity contribution in [3.05, 3.63) is 65.7 Å². The number of nitrogens with one attached hydrogen (secondary N) is 1. The molecule has 8 heteroatoms. The Morgan fingerprint density at radius 3 is 2.40 bits per heavy atom. The summed E-state index contributed by atoms with van der Waals surface area (Å²) in [5.41, 5.74) is 1.23. The van der Waals surface area contributed by atoms with Crippen molar-refractivity contribution >= 4 is 17.5 Å². The van der Waals surface area contributed by atoms with Crippen molar-refractivity contribution in [3.8, 4) is 17.4 Å². The highest BCUT2D eigenvalue weighted by Gasteiger charge is 2.06. The highest BCUT2D eigenvalue weighted by molar-refractivity contribution is 6.30. The normalized spacial score (nSPS) is 10.3. The highest BCUT2D eigenvalue weighted by Crippen LogP contribution is 2.12. The van der Waals surface area contributed by atoms with Gasteiger partial charge in [-0.1, -0.05) is 11.6 Å². The molecule has 0 aliphatic carbocycles. The molecule has 0 aliphatic heterocycles. The lowest BCUT2D eigenvalue weighted by molar-refractivity contribution is 0.0946. The Labute approximate surface area is 149 Å². The Hall–Kier alpha value is -3.06. The summed E-state index contributed by atoms with van der Waals surface area (Å²) in [7, 11) is 0. The van der Waals surface area contributed by atoms with Crippen molar-refractivity contribution in [3.63, 3.8) is 0 Å². The molecule has 0 atom stereocenters. The number of carbonyl (C=O) groups is 1. The van der Waals surface area contributed by atoms with Gasteiger partial charge in [-0.2, -0.15) is 0 Å². The smallest absolute Gasteiger partial charge is 0.316 e. The van der Waals surface area contributed by atoms with Gasteiger partial charge in [-0.05, 0) is 30.3 Å². The van der Waals surface area contributed by atoms with Gasteiger partial charge in [0, 0.05) is 35.4 Å². The first-order valence-electron chi connectivity index (χ1n) is 7.48. The van der Waals surface area contributed by atoms with Crippen LogP contribution in [0.4, 0.5) is 0 Å². The summed E-state index contributed by atoms with van der Waals surface area (Å²) in [6.07, 6.45) is 6.47. The van der Waals surface area contributed by atoms with Gasteiger partial charge in [0.05, 0.1) is 12.1 Å².